The third-order valence-corrected chi connectivity index (χ3v) is 7.46. The number of nitrogens with zero attached hydrogens (tertiary/aromatic N) is 1. The summed E-state index contributed by atoms with van der Waals surface area (Å²) in [6.07, 6.45) is 2.82. The predicted molar refractivity (Wildman–Crippen MR) is 132 cm³/mol. The van der Waals surface area contributed by atoms with Gasteiger partial charge in [0.25, 0.3) is 5.91 Å². The zero-order valence-corrected chi connectivity index (χ0v) is 20.6. The van der Waals surface area contributed by atoms with Crippen LogP contribution in [0.2, 0.25) is 0 Å². The number of amides is 1. The molecule has 0 unspecified atom stereocenters. The topological polar surface area (TPSA) is 38.8 Å². The average Bonchev–Trinajstić information content (AvgIpc) is 3.26. The molecule has 0 aliphatic carbocycles. The van der Waals surface area contributed by atoms with Crippen LogP contribution in [0.3, 0.4) is 0 Å². The maximum Gasteiger partial charge on any atom is 0.264 e. The fourth-order valence-corrected chi connectivity index (χ4v) is 5.31. The summed E-state index contributed by atoms with van der Waals surface area (Å²) in [4.78, 5) is 16.1. The summed E-state index contributed by atoms with van der Waals surface area (Å²) in [6.45, 7) is 7.13. The third-order valence-electron chi connectivity index (χ3n) is 5.30. The van der Waals surface area contributed by atoms with Crippen molar-refractivity contribution in [3.63, 3.8) is 0 Å². The van der Waals surface area contributed by atoms with Crippen LogP contribution < -0.4 is 9.47 Å². The molecule has 2 aromatic carbocycles. The van der Waals surface area contributed by atoms with Crippen molar-refractivity contribution in [1.82, 2.24) is 4.90 Å². The molecule has 0 saturated heterocycles. The van der Waals surface area contributed by atoms with Crippen molar-refractivity contribution in [3.05, 3.63) is 76.7 Å². The zero-order chi connectivity index (χ0) is 22.7. The smallest absolute Gasteiger partial charge is 0.264 e. The van der Waals surface area contributed by atoms with Crippen molar-refractivity contribution in [3.8, 4) is 11.5 Å². The van der Waals surface area contributed by atoms with E-state index in [1.54, 1.807) is 23.1 Å². The number of hydrogen-bond acceptors (Lipinski definition) is 5. The van der Waals surface area contributed by atoms with Gasteiger partial charge in [-0.3, -0.25) is 4.79 Å². The highest BCUT2D eigenvalue weighted by Crippen LogP contribution is 2.30. The van der Waals surface area contributed by atoms with Gasteiger partial charge in [0, 0.05) is 6.54 Å². The lowest BCUT2D eigenvalue weighted by molar-refractivity contribution is 0.0571. The first-order chi connectivity index (χ1) is 15.3. The normalized spacial score (nSPS) is 15.9. The number of carbonyl (C=O) groups is 1. The second-order valence-corrected chi connectivity index (χ2v) is 11.1. The van der Waals surface area contributed by atoms with Crippen molar-refractivity contribution in [2.75, 3.05) is 12.9 Å². The minimum Gasteiger partial charge on any atom is -0.491 e. The lowest BCUT2D eigenvalue weighted by Crippen LogP contribution is -2.47. The lowest BCUT2D eigenvalue weighted by Gasteiger charge is -2.36. The van der Waals surface area contributed by atoms with Gasteiger partial charge in [-0.15, -0.1) is 23.1 Å². The van der Waals surface area contributed by atoms with Gasteiger partial charge in [-0.05, 0) is 81.0 Å². The SMILES string of the molecule is CSc1ccc(C(=O)N2Cc3ccccc3C[C@H]2COc2ccc(OC(C)(C)C)cc2)s1. The van der Waals surface area contributed by atoms with E-state index in [1.165, 1.54) is 11.1 Å². The maximum absolute atomic E-state index is 13.4. The molecule has 0 saturated carbocycles. The number of thiophene rings is 1. The summed E-state index contributed by atoms with van der Waals surface area (Å²) in [5, 5.41) is 0. The van der Waals surface area contributed by atoms with Crippen molar-refractivity contribution in [1.29, 1.82) is 0 Å². The molecule has 2 heterocycles. The van der Waals surface area contributed by atoms with Gasteiger partial charge in [0.1, 0.15) is 23.7 Å². The van der Waals surface area contributed by atoms with E-state index in [0.717, 1.165) is 27.0 Å². The van der Waals surface area contributed by atoms with Crippen LogP contribution in [0.25, 0.3) is 0 Å². The fraction of sp³-hybridized carbons (Fsp3) is 0.346. The van der Waals surface area contributed by atoms with Crippen LogP contribution in [0.15, 0.2) is 64.9 Å². The van der Waals surface area contributed by atoms with E-state index in [1.807, 2.05) is 74.4 Å². The second kappa shape index (κ2) is 9.59. The second-order valence-electron chi connectivity index (χ2n) is 8.88. The monoisotopic (exact) mass is 467 g/mol. The number of benzene rings is 2. The van der Waals surface area contributed by atoms with E-state index >= 15 is 0 Å². The van der Waals surface area contributed by atoms with Gasteiger partial charge in [0.15, 0.2) is 0 Å². The Hall–Kier alpha value is -2.44. The summed E-state index contributed by atoms with van der Waals surface area (Å²) in [6, 6.07) is 20.0. The Labute approximate surface area is 198 Å². The summed E-state index contributed by atoms with van der Waals surface area (Å²) in [5.74, 6) is 1.67. The van der Waals surface area contributed by atoms with Gasteiger partial charge in [-0.2, -0.15) is 0 Å². The molecule has 0 radical (unpaired) electrons. The first kappa shape index (κ1) is 22.7. The highest BCUT2D eigenvalue weighted by atomic mass is 32.2. The van der Waals surface area contributed by atoms with Crippen LogP contribution in [0, 0.1) is 0 Å². The van der Waals surface area contributed by atoms with E-state index in [-0.39, 0.29) is 17.6 Å². The molecule has 168 valence electrons. The standard InChI is InChI=1S/C26H29NO3S2/c1-26(2,3)30-22-11-9-21(10-12-22)29-17-20-15-18-7-5-6-8-19(18)16-27(20)25(28)23-13-14-24(31-4)32-23/h5-14,20H,15-17H2,1-4H3/t20-/m0/s1. The Kier molecular flexibility index (Phi) is 6.82. The van der Waals surface area contributed by atoms with Gasteiger partial charge in [-0.25, -0.2) is 0 Å². The van der Waals surface area contributed by atoms with Gasteiger partial charge in [0.05, 0.1) is 15.1 Å². The molecule has 4 rings (SSSR count). The average molecular weight is 468 g/mol. The lowest BCUT2D eigenvalue weighted by atomic mass is 9.94. The first-order valence-electron chi connectivity index (χ1n) is 10.8. The van der Waals surface area contributed by atoms with Crippen LogP contribution in [-0.2, 0) is 13.0 Å². The number of fused-ring (bicyclic) bond motifs is 1. The molecule has 0 N–H and O–H groups in total. The first-order valence-corrected chi connectivity index (χ1v) is 12.8. The minimum absolute atomic E-state index is 0.0252. The Morgan fingerprint density at radius 1 is 1.03 bits per heavy atom. The summed E-state index contributed by atoms with van der Waals surface area (Å²) in [7, 11) is 0. The molecule has 32 heavy (non-hydrogen) atoms. The van der Waals surface area contributed by atoms with Gasteiger partial charge in [-0.1, -0.05) is 24.3 Å². The van der Waals surface area contributed by atoms with E-state index in [4.69, 9.17) is 9.47 Å². The van der Waals surface area contributed by atoms with Crippen LogP contribution in [0.1, 0.15) is 41.6 Å². The molecular formula is C26H29NO3S2. The molecule has 0 spiro atoms. The maximum atomic E-state index is 13.4. The molecule has 3 aromatic rings. The number of rotatable bonds is 6. The highest BCUT2D eigenvalue weighted by molar-refractivity contribution is 8.00. The zero-order valence-electron chi connectivity index (χ0n) is 19.0. The molecule has 0 fully saturated rings. The molecular weight excluding hydrogens is 438 g/mol. The predicted octanol–water partition coefficient (Wildman–Crippen LogP) is 6.29. The molecule has 1 aliphatic heterocycles. The largest absolute Gasteiger partial charge is 0.491 e. The quantitative estimate of drug-likeness (QED) is 0.399. The molecule has 1 atom stereocenters. The number of ether oxygens (including phenoxy) is 2. The summed E-state index contributed by atoms with van der Waals surface area (Å²) < 4.78 is 13.2. The van der Waals surface area contributed by atoms with E-state index in [0.29, 0.717) is 13.2 Å². The Morgan fingerprint density at radius 3 is 2.38 bits per heavy atom. The number of thioether (sulfide) groups is 1. The molecule has 1 amide bonds. The number of carbonyl (C=O) groups excluding carboxylic acids is 1. The molecule has 1 aromatic heterocycles. The summed E-state index contributed by atoms with van der Waals surface area (Å²) in [5.41, 5.74) is 2.26. The number of hydrogen-bond donors (Lipinski definition) is 0. The third kappa shape index (κ3) is 5.48. The Morgan fingerprint density at radius 2 is 1.72 bits per heavy atom. The van der Waals surface area contributed by atoms with E-state index in [2.05, 4.69) is 18.2 Å². The Balaban J connectivity index is 1.50. The van der Waals surface area contributed by atoms with E-state index in [9.17, 15) is 4.79 Å². The molecule has 6 heteroatoms. The highest BCUT2D eigenvalue weighted by Gasteiger charge is 2.31. The molecule has 4 nitrogen and oxygen atoms in total. The summed E-state index contributed by atoms with van der Waals surface area (Å²) >= 11 is 3.22. The van der Waals surface area contributed by atoms with Crippen molar-refractivity contribution in [2.45, 2.75) is 49.6 Å². The van der Waals surface area contributed by atoms with Crippen molar-refractivity contribution < 1.29 is 14.3 Å². The van der Waals surface area contributed by atoms with Gasteiger partial charge >= 0.3 is 0 Å². The molecule has 0 bridgehead atoms. The van der Waals surface area contributed by atoms with Crippen LogP contribution in [0.4, 0.5) is 0 Å². The van der Waals surface area contributed by atoms with Gasteiger partial charge < -0.3 is 14.4 Å². The van der Waals surface area contributed by atoms with Crippen molar-refractivity contribution >= 4 is 29.0 Å². The van der Waals surface area contributed by atoms with Gasteiger partial charge in [0.2, 0.25) is 0 Å². The fourth-order valence-electron chi connectivity index (χ4n) is 3.81. The van der Waals surface area contributed by atoms with Crippen molar-refractivity contribution in [2.24, 2.45) is 0 Å². The van der Waals surface area contributed by atoms with E-state index < -0.39 is 0 Å². The minimum atomic E-state index is -0.239. The Bertz CT molecular complexity index is 1070. The molecule has 1 aliphatic rings. The van der Waals surface area contributed by atoms with Crippen LogP contribution >= 0.6 is 23.1 Å². The van der Waals surface area contributed by atoms with Crippen LogP contribution in [-0.4, -0.2) is 35.3 Å². The van der Waals surface area contributed by atoms with Crippen LogP contribution in [0.5, 0.6) is 11.5 Å².